The summed E-state index contributed by atoms with van der Waals surface area (Å²) in [5.74, 6) is 7.53. The smallest absolute Gasteiger partial charge is 0.232 e. The number of methoxy groups -OCH3 is 1. The third-order valence-electron chi connectivity index (χ3n) is 3.57. The van der Waals surface area contributed by atoms with E-state index in [9.17, 15) is 4.79 Å². The van der Waals surface area contributed by atoms with Crippen LogP contribution in [0.2, 0.25) is 0 Å². The number of aromatic nitrogens is 3. The maximum atomic E-state index is 12.0. The van der Waals surface area contributed by atoms with Crippen molar-refractivity contribution in [2.24, 2.45) is 0 Å². The molecule has 0 aliphatic carbocycles. The molecule has 0 bridgehead atoms. The van der Waals surface area contributed by atoms with Gasteiger partial charge >= 0.3 is 0 Å². The van der Waals surface area contributed by atoms with E-state index in [1.165, 1.54) is 21.3 Å². The van der Waals surface area contributed by atoms with Gasteiger partial charge in [-0.2, -0.15) is 5.26 Å². The number of nitrogens with zero attached hydrogens (tertiary/aromatic N) is 5. The first-order valence-electron chi connectivity index (χ1n) is 7.61. The molecule has 132 valence electrons. The lowest BCUT2D eigenvalue weighted by molar-refractivity contribution is -0.127. The van der Waals surface area contributed by atoms with Gasteiger partial charge in [-0.05, 0) is 17.7 Å². The molecule has 9 heteroatoms. The first kappa shape index (κ1) is 18.6. The van der Waals surface area contributed by atoms with Crippen LogP contribution < -0.4 is 10.6 Å². The van der Waals surface area contributed by atoms with Crippen LogP contribution in [0.4, 0.5) is 0 Å². The summed E-state index contributed by atoms with van der Waals surface area (Å²) in [6, 6.07) is 9.64. The Morgan fingerprint density at radius 2 is 2.12 bits per heavy atom. The standard InChI is InChI=1S/C16H20N6O2S/c1-21(9-3-8-17)15(23)11-25-16-20-19-14(22(16)18)10-12-4-6-13(24-2)7-5-12/h4-7H,3,9-11,18H2,1-2H3. The zero-order chi connectivity index (χ0) is 18.2. The number of thioether (sulfide) groups is 1. The van der Waals surface area contributed by atoms with Crippen LogP contribution in [0.15, 0.2) is 29.4 Å². The zero-order valence-electron chi connectivity index (χ0n) is 14.2. The Morgan fingerprint density at radius 1 is 1.40 bits per heavy atom. The Hall–Kier alpha value is -2.73. The van der Waals surface area contributed by atoms with E-state index in [0.29, 0.717) is 30.4 Å². The lowest BCUT2D eigenvalue weighted by atomic mass is 10.1. The number of benzene rings is 1. The molecule has 0 aliphatic rings. The number of amides is 1. The van der Waals surface area contributed by atoms with Crippen LogP contribution in [0.1, 0.15) is 17.8 Å². The summed E-state index contributed by atoms with van der Waals surface area (Å²) in [7, 11) is 3.29. The van der Waals surface area contributed by atoms with E-state index >= 15 is 0 Å². The van der Waals surface area contributed by atoms with Crippen LogP contribution in [0, 0.1) is 11.3 Å². The van der Waals surface area contributed by atoms with Gasteiger partial charge in [0.1, 0.15) is 5.75 Å². The summed E-state index contributed by atoms with van der Waals surface area (Å²) in [5.41, 5.74) is 1.03. The van der Waals surface area contributed by atoms with Gasteiger partial charge in [-0.25, -0.2) is 4.68 Å². The van der Waals surface area contributed by atoms with Gasteiger partial charge in [-0.15, -0.1) is 10.2 Å². The van der Waals surface area contributed by atoms with E-state index < -0.39 is 0 Å². The van der Waals surface area contributed by atoms with Crippen molar-refractivity contribution >= 4 is 17.7 Å². The molecule has 0 fully saturated rings. The van der Waals surface area contributed by atoms with Crippen LogP contribution in [-0.4, -0.2) is 52.1 Å². The van der Waals surface area contributed by atoms with E-state index in [0.717, 1.165) is 11.3 Å². The quantitative estimate of drug-likeness (QED) is 0.553. The topological polar surface area (TPSA) is 110 Å². The van der Waals surface area contributed by atoms with Crippen LogP contribution in [0.3, 0.4) is 0 Å². The van der Waals surface area contributed by atoms with Crippen LogP contribution in [-0.2, 0) is 11.2 Å². The molecule has 1 aromatic heterocycles. The predicted molar refractivity (Wildman–Crippen MR) is 94.6 cm³/mol. The minimum Gasteiger partial charge on any atom is -0.497 e. The van der Waals surface area contributed by atoms with Gasteiger partial charge in [-0.3, -0.25) is 4.79 Å². The van der Waals surface area contributed by atoms with Crippen molar-refractivity contribution in [3.8, 4) is 11.8 Å². The van der Waals surface area contributed by atoms with E-state index in [1.54, 1.807) is 14.2 Å². The lowest BCUT2D eigenvalue weighted by Gasteiger charge is -2.14. The van der Waals surface area contributed by atoms with Gasteiger partial charge in [0.15, 0.2) is 5.82 Å². The first-order valence-corrected chi connectivity index (χ1v) is 8.59. The monoisotopic (exact) mass is 360 g/mol. The molecule has 2 rings (SSSR count). The molecule has 0 aliphatic heterocycles. The third kappa shape index (κ3) is 5.12. The van der Waals surface area contributed by atoms with E-state index in [1.807, 2.05) is 30.3 Å². The molecule has 0 saturated carbocycles. The fourth-order valence-electron chi connectivity index (χ4n) is 2.03. The number of rotatable bonds is 8. The number of ether oxygens (including phenoxy) is 1. The molecule has 0 unspecified atom stereocenters. The van der Waals surface area contributed by atoms with Crippen molar-refractivity contribution in [1.29, 1.82) is 5.26 Å². The maximum Gasteiger partial charge on any atom is 0.232 e. The summed E-state index contributed by atoms with van der Waals surface area (Å²) >= 11 is 1.22. The molecule has 8 nitrogen and oxygen atoms in total. The Bertz CT molecular complexity index is 753. The number of hydrogen-bond donors (Lipinski definition) is 1. The fourth-order valence-corrected chi connectivity index (χ4v) is 2.85. The van der Waals surface area contributed by atoms with Crippen molar-refractivity contribution in [3.63, 3.8) is 0 Å². The highest BCUT2D eigenvalue weighted by Crippen LogP contribution is 2.18. The molecule has 2 aromatic rings. The summed E-state index contributed by atoms with van der Waals surface area (Å²) in [6.07, 6.45) is 0.843. The zero-order valence-corrected chi connectivity index (χ0v) is 15.0. The van der Waals surface area contributed by atoms with Crippen molar-refractivity contribution in [3.05, 3.63) is 35.7 Å². The van der Waals surface area contributed by atoms with Gasteiger partial charge < -0.3 is 15.5 Å². The van der Waals surface area contributed by atoms with Crippen LogP contribution in [0.25, 0.3) is 0 Å². The second-order valence-electron chi connectivity index (χ2n) is 5.31. The molecule has 1 aromatic carbocycles. The normalized spacial score (nSPS) is 10.3. The average molecular weight is 360 g/mol. The molecule has 0 radical (unpaired) electrons. The summed E-state index contributed by atoms with van der Waals surface area (Å²) in [4.78, 5) is 13.5. The number of carbonyl (C=O) groups is 1. The molecule has 2 N–H and O–H groups in total. The second-order valence-corrected chi connectivity index (χ2v) is 6.25. The number of hydrogen-bond acceptors (Lipinski definition) is 7. The van der Waals surface area contributed by atoms with E-state index in [-0.39, 0.29) is 11.7 Å². The van der Waals surface area contributed by atoms with E-state index in [2.05, 4.69) is 10.2 Å². The van der Waals surface area contributed by atoms with Gasteiger partial charge in [0.2, 0.25) is 11.1 Å². The van der Waals surface area contributed by atoms with E-state index in [4.69, 9.17) is 15.8 Å². The summed E-state index contributed by atoms with van der Waals surface area (Å²) < 4.78 is 6.53. The summed E-state index contributed by atoms with van der Waals surface area (Å²) in [6.45, 7) is 0.411. The Kier molecular flexibility index (Phi) is 6.65. The highest BCUT2D eigenvalue weighted by Gasteiger charge is 2.14. The largest absolute Gasteiger partial charge is 0.497 e. The molecular weight excluding hydrogens is 340 g/mol. The maximum absolute atomic E-state index is 12.0. The number of nitriles is 1. The highest BCUT2D eigenvalue weighted by molar-refractivity contribution is 7.99. The number of carbonyl (C=O) groups excluding carboxylic acids is 1. The predicted octanol–water partition coefficient (Wildman–Crippen LogP) is 1.06. The molecule has 1 heterocycles. The SMILES string of the molecule is COc1ccc(Cc2nnc(SCC(=O)N(C)CCC#N)n2N)cc1. The Labute approximate surface area is 150 Å². The minimum absolute atomic E-state index is 0.0834. The van der Waals surface area contributed by atoms with Gasteiger partial charge in [0.05, 0.1) is 25.4 Å². The highest BCUT2D eigenvalue weighted by atomic mass is 32.2. The second kappa shape index (κ2) is 8.94. The van der Waals surface area contributed by atoms with Crippen LogP contribution in [0.5, 0.6) is 5.75 Å². The Morgan fingerprint density at radius 3 is 2.76 bits per heavy atom. The first-order chi connectivity index (χ1) is 12.0. The average Bonchev–Trinajstić information content (AvgIpc) is 2.98. The van der Waals surface area contributed by atoms with Crippen LogP contribution >= 0.6 is 11.8 Å². The Balaban J connectivity index is 1.93. The molecule has 1 amide bonds. The van der Waals surface area contributed by atoms with Gasteiger partial charge in [-0.1, -0.05) is 23.9 Å². The number of nitrogens with two attached hydrogens (primary N) is 1. The van der Waals surface area contributed by atoms with Crippen molar-refractivity contribution < 1.29 is 9.53 Å². The molecule has 0 spiro atoms. The molecular formula is C16H20N6O2S. The fraction of sp³-hybridized carbons (Fsp3) is 0.375. The molecule has 0 atom stereocenters. The lowest BCUT2D eigenvalue weighted by Crippen LogP contribution is -2.29. The third-order valence-corrected chi connectivity index (χ3v) is 4.49. The number of nitrogen functional groups attached to an aromatic ring is 1. The van der Waals surface area contributed by atoms with Crippen molar-refractivity contribution in [2.75, 3.05) is 32.3 Å². The van der Waals surface area contributed by atoms with Crippen molar-refractivity contribution in [2.45, 2.75) is 18.0 Å². The van der Waals surface area contributed by atoms with Gasteiger partial charge in [0, 0.05) is 20.0 Å². The van der Waals surface area contributed by atoms with Crippen molar-refractivity contribution in [1.82, 2.24) is 19.8 Å². The van der Waals surface area contributed by atoms with Gasteiger partial charge in [0.25, 0.3) is 0 Å². The molecule has 25 heavy (non-hydrogen) atoms. The summed E-state index contributed by atoms with van der Waals surface area (Å²) in [5, 5.41) is 17.2. The minimum atomic E-state index is -0.0834. The molecule has 0 saturated heterocycles.